The molecule has 148 valence electrons. The fourth-order valence-corrected chi connectivity index (χ4v) is 7.50. The Labute approximate surface area is 166 Å². The first-order valence-corrected chi connectivity index (χ1v) is 10.5. The second kappa shape index (κ2) is 6.45. The Morgan fingerprint density at radius 3 is 2.78 bits per heavy atom. The fraction of sp³-hybridized carbons (Fsp3) is 0.727. The second-order valence-corrected chi connectivity index (χ2v) is 9.85. The minimum absolute atomic E-state index is 0.0574. The van der Waals surface area contributed by atoms with E-state index in [1.54, 1.807) is 12.2 Å². The van der Waals surface area contributed by atoms with Crippen molar-refractivity contribution in [3.05, 3.63) is 23.8 Å². The second-order valence-electron chi connectivity index (χ2n) is 9.54. The monoisotopic (exact) mass is 392 g/mol. The summed E-state index contributed by atoms with van der Waals surface area (Å²) < 4.78 is 5.32. The molecule has 4 rings (SSSR count). The van der Waals surface area contributed by atoms with Crippen LogP contribution in [0.2, 0.25) is 0 Å². The van der Waals surface area contributed by atoms with Gasteiger partial charge in [0.1, 0.15) is 6.10 Å². The standard InChI is InChI=1S/C22H29ClO4/c1-12(27-20(23)26)16-6-7-17-15-5-4-13-10-14(24)8-9-21(13,2)19(15)18(25)11-22(16,17)3/h8-10,12,15-19,25H,4-7,11H2,1-3H3/t12?,15-,16+,17-,18-,19+,21-,22+/m0/s1. The third-order valence-electron chi connectivity index (χ3n) is 8.41. The smallest absolute Gasteiger partial charge is 0.404 e. The molecule has 0 saturated heterocycles. The summed E-state index contributed by atoms with van der Waals surface area (Å²) in [5.74, 6) is 1.34. The van der Waals surface area contributed by atoms with Crippen LogP contribution in [0.1, 0.15) is 52.9 Å². The maximum Gasteiger partial charge on any atom is 0.404 e. The molecule has 0 aromatic rings. The normalized spacial score (nSPS) is 46.8. The van der Waals surface area contributed by atoms with Gasteiger partial charge in [0.15, 0.2) is 5.78 Å². The first-order chi connectivity index (χ1) is 12.7. The van der Waals surface area contributed by atoms with E-state index in [2.05, 4.69) is 13.8 Å². The highest BCUT2D eigenvalue weighted by atomic mass is 35.5. The van der Waals surface area contributed by atoms with E-state index in [1.165, 1.54) is 5.57 Å². The number of halogens is 1. The van der Waals surface area contributed by atoms with Gasteiger partial charge in [0.05, 0.1) is 6.10 Å². The van der Waals surface area contributed by atoms with Crippen LogP contribution in [-0.4, -0.2) is 28.5 Å². The number of hydrogen-bond acceptors (Lipinski definition) is 4. The number of carbonyl (C=O) groups is 2. The third-order valence-corrected chi connectivity index (χ3v) is 8.50. The Morgan fingerprint density at radius 2 is 2.07 bits per heavy atom. The van der Waals surface area contributed by atoms with Gasteiger partial charge in [-0.1, -0.05) is 25.5 Å². The summed E-state index contributed by atoms with van der Waals surface area (Å²) in [5, 5.41) is 11.3. The third kappa shape index (κ3) is 2.82. The maximum absolute atomic E-state index is 11.9. The highest BCUT2D eigenvalue weighted by molar-refractivity contribution is 6.61. The van der Waals surface area contributed by atoms with Crippen molar-refractivity contribution in [2.24, 2.45) is 34.5 Å². The highest BCUT2D eigenvalue weighted by Gasteiger charge is 2.62. The van der Waals surface area contributed by atoms with Crippen LogP contribution in [-0.2, 0) is 9.53 Å². The van der Waals surface area contributed by atoms with Crippen molar-refractivity contribution in [2.45, 2.75) is 65.1 Å². The van der Waals surface area contributed by atoms with Gasteiger partial charge in [-0.15, -0.1) is 0 Å². The lowest BCUT2D eigenvalue weighted by Crippen LogP contribution is -2.56. The molecule has 3 saturated carbocycles. The predicted octanol–water partition coefficient (Wildman–Crippen LogP) is 4.65. The molecule has 0 aromatic carbocycles. The van der Waals surface area contributed by atoms with Crippen molar-refractivity contribution in [1.29, 1.82) is 0 Å². The van der Waals surface area contributed by atoms with E-state index in [-0.39, 0.29) is 34.6 Å². The number of aliphatic hydroxyl groups is 1. The lowest BCUT2D eigenvalue weighted by atomic mass is 9.46. The Kier molecular flexibility index (Phi) is 4.59. The molecule has 0 amide bonds. The molecule has 3 fully saturated rings. The summed E-state index contributed by atoms with van der Waals surface area (Å²) in [4.78, 5) is 23.1. The van der Waals surface area contributed by atoms with Gasteiger partial charge in [0.2, 0.25) is 0 Å². The van der Waals surface area contributed by atoms with E-state index in [1.807, 2.05) is 13.0 Å². The van der Waals surface area contributed by atoms with Crippen LogP contribution in [0.4, 0.5) is 4.79 Å². The van der Waals surface area contributed by atoms with Crippen molar-refractivity contribution >= 4 is 22.8 Å². The minimum Gasteiger partial charge on any atom is -0.450 e. The predicted molar refractivity (Wildman–Crippen MR) is 103 cm³/mol. The number of hydrogen-bond donors (Lipinski definition) is 1. The molecule has 0 spiro atoms. The van der Waals surface area contributed by atoms with Crippen molar-refractivity contribution in [1.82, 2.24) is 0 Å². The molecule has 4 aliphatic carbocycles. The van der Waals surface area contributed by atoms with E-state index < -0.39 is 11.5 Å². The van der Waals surface area contributed by atoms with Crippen LogP contribution >= 0.6 is 11.6 Å². The molecule has 0 heterocycles. The molecule has 8 atom stereocenters. The quantitative estimate of drug-likeness (QED) is 0.695. The molecule has 0 aromatic heterocycles. The van der Waals surface area contributed by atoms with Gasteiger partial charge in [0, 0.05) is 28.9 Å². The summed E-state index contributed by atoms with van der Waals surface area (Å²) in [7, 11) is 0. The Hall–Kier alpha value is -1.13. The number of rotatable bonds is 2. The summed E-state index contributed by atoms with van der Waals surface area (Å²) in [5.41, 5.74) is 0.140. The molecule has 0 bridgehead atoms. The van der Waals surface area contributed by atoms with Crippen molar-refractivity contribution in [3.8, 4) is 0 Å². The molecule has 0 aliphatic heterocycles. The molecule has 0 radical (unpaired) electrons. The molecule has 5 heteroatoms. The fourth-order valence-electron chi connectivity index (χ4n) is 7.36. The van der Waals surface area contributed by atoms with Gasteiger partial charge in [-0.25, -0.2) is 4.79 Å². The van der Waals surface area contributed by atoms with Crippen molar-refractivity contribution in [2.75, 3.05) is 0 Å². The van der Waals surface area contributed by atoms with Crippen molar-refractivity contribution < 1.29 is 19.4 Å². The summed E-state index contributed by atoms with van der Waals surface area (Å²) in [6.07, 6.45) is 9.56. The van der Waals surface area contributed by atoms with Gasteiger partial charge in [-0.3, -0.25) is 4.79 Å². The van der Waals surface area contributed by atoms with Crippen LogP contribution in [0.25, 0.3) is 0 Å². The molecule has 1 unspecified atom stereocenters. The van der Waals surface area contributed by atoms with Crippen LogP contribution in [0.3, 0.4) is 0 Å². The van der Waals surface area contributed by atoms with E-state index in [0.717, 1.165) is 25.7 Å². The summed E-state index contributed by atoms with van der Waals surface area (Å²) in [6.45, 7) is 6.38. The Bertz CT molecular complexity index is 728. The van der Waals surface area contributed by atoms with E-state index in [9.17, 15) is 14.7 Å². The Morgan fingerprint density at radius 1 is 1.33 bits per heavy atom. The van der Waals surface area contributed by atoms with Crippen LogP contribution in [0, 0.1) is 34.5 Å². The average molecular weight is 393 g/mol. The molecule has 4 aliphatic rings. The number of aliphatic hydroxyl groups excluding tert-OH is 1. The first kappa shape index (κ1) is 19.2. The van der Waals surface area contributed by atoms with Crippen LogP contribution < -0.4 is 0 Å². The molecular weight excluding hydrogens is 364 g/mol. The maximum atomic E-state index is 11.9. The Balaban J connectivity index is 1.66. The number of ketones is 1. The van der Waals surface area contributed by atoms with Gasteiger partial charge < -0.3 is 9.84 Å². The molecular formula is C22H29ClO4. The lowest BCUT2D eigenvalue weighted by molar-refractivity contribution is -0.126. The highest BCUT2D eigenvalue weighted by Crippen LogP contribution is 2.66. The van der Waals surface area contributed by atoms with Gasteiger partial charge in [-0.2, -0.15) is 0 Å². The van der Waals surface area contributed by atoms with Crippen LogP contribution in [0.15, 0.2) is 23.8 Å². The van der Waals surface area contributed by atoms with Gasteiger partial charge in [0.25, 0.3) is 0 Å². The summed E-state index contributed by atoms with van der Waals surface area (Å²) in [6, 6.07) is 0. The number of fused-ring (bicyclic) bond motifs is 5. The SMILES string of the molecule is CC(OC(=O)Cl)[C@H]1CC[C@H]2[C@@H]3CCC4=CC(=O)C=C[C@]4(C)[C@H]3[C@@H](O)C[C@]12C. The van der Waals surface area contributed by atoms with Gasteiger partial charge in [-0.05, 0) is 68.4 Å². The van der Waals surface area contributed by atoms with Crippen molar-refractivity contribution in [3.63, 3.8) is 0 Å². The number of allylic oxidation sites excluding steroid dienone is 4. The van der Waals surface area contributed by atoms with E-state index >= 15 is 0 Å². The number of carbonyl (C=O) groups excluding carboxylic acids is 2. The first-order valence-electron chi connectivity index (χ1n) is 10.2. The van der Waals surface area contributed by atoms with E-state index in [0.29, 0.717) is 18.3 Å². The molecule has 1 N–H and O–H groups in total. The van der Waals surface area contributed by atoms with E-state index in [4.69, 9.17) is 16.3 Å². The zero-order valence-corrected chi connectivity index (χ0v) is 17.0. The van der Waals surface area contributed by atoms with Gasteiger partial charge >= 0.3 is 5.43 Å². The minimum atomic E-state index is -0.749. The zero-order valence-electron chi connectivity index (χ0n) is 16.3. The molecule has 4 nitrogen and oxygen atoms in total. The van der Waals surface area contributed by atoms with Crippen LogP contribution in [0.5, 0.6) is 0 Å². The lowest BCUT2D eigenvalue weighted by Gasteiger charge is -2.59. The summed E-state index contributed by atoms with van der Waals surface area (Å²) >= 11 is 5.47. The molecule has 27 heavy (non-hydrogen) atoms. The number of ether oxygens (including phenoxy) is 1. The topological polar surface area (TPSA) is 63.6 Å². The average Bonchev–Trinajstić information content (AvgIpc) is 2.91. The zero-order chi connectivity index (χ0) is 19.6. The largest absolute Gasteiger partial charge is 0.450 e.